The fourth-order valence-electron chi connectivity index (χ4n) is 1.63. The van der Waals surface area contributed by atoms with Crippen LogP contribution in [0.5, 0.6) is 0 Å². The zero-order valence-electron chi connectivity index (χ0n) is 10.3. The van der Waals surface area contributed by atoms with Gasteiger partial charge in [-0.2, -0.15) is 0 Å². The lowest BCUT2D eigenvalue weighted by Crippen LogP contribution is -2.13. The maximum absolute atomic E-state index is 13.5. The van der Waals surface area contributed by atoms with E-state index in [1.54, 1.807) is 12.1 Å². The first-order valence-corrected chi connectivity index (χ1v) is 6.66. The molecule has 0 spiro atoms. The molecule has 0 unspecified atom stereocenters. The van der Waals surface area contributed by atoms with E-state index in [0.29, 0.717) is 23.6 Å². The van der Waals surface area contributed by atoms with Gasteiger partial charge in [0.2, 0.25) is 0 Å². The average Bonchev–Trinajstić information content (AvgIpc) is 2.39. The van der Waals surface area contributed by atoms with Crippen LogP contribution in [0.1, 0.15) is 18.3 Å². The van der Waals surface area contributed by atoms with Gasteiger partial charge in [-0.05, 0) is 18.2 Å². The summed E-state index contributed by atoms with van der Waals surface area (Å²) in [4.78, 5) is 18.2. The molecule has 0 bridgehead atoms. The Kier molecular flexibility index (Phi) is 4.31. The summed E-state index contributed by atoms with van der Waals surface area (Å²) < 4.78 is 14.4. The van der Waals surface area contributed by atoms with Crippen molar-refractivity contribution < 1.29 is 4.39 Å². The lowest BCUT2D eigenvalue weighted by atomic mass is 10.2. The predicted octanol–water partition coefficient (Wildman–Crippen LogP) is 2.85. The number of benzene rings is 1. The van der Waals surface area contributed by atoms with Crippen LogP contribution in [0.15, 0.2) is 33.5 Å². The lowest BCUT2D eigenvalue weighted by molar-refractivity contribution is 0.612. The van der Waals surface area contributed by atoms with Crippen molar-refractivity contribution in [2.75, 3.05) is 5.32 Å². The number of aromatic nitrogens is 2. The van der Waals surface area contributed by atoms with E-state index in [1.165, 1.54) is 12.1 Å². The minimum atomic E-state index is -0.295. The summed E-state index contributed by atoms with van der Waals surface area (Å²) in [7, 11) is 0. The van der Waals surface area contributed by atoms with Gasteiger partial charge >= 0.3 is 0 Å². The van der Waals surface area contributed by atoms with Crippen LogP contribution in [-0.2, 0) is 13.0 Å². The monoisotopic (exact) mass is 325 g/mol. The molecule has 0 fully saturated rings. The highest BCUT2D eigenvalue weighted by Gasteiger charge is 2.04. The SMILES string of the molecule is CCc1nc(NCc2cc(Br)ccc2F)cc(=O)[nH]1. The van der Waals surface area contributed by atoms with Crippen molar-refractivity contribution in [2.24, 2.45) is 0 Å². The molecule has 2 N–H and O–H groups in total. The first-order chi connectivity index (χ1) is 9.08. The molecular weight excluding hydrogens is 313 g/mol. The van der Waals surface area contributed by atoms with Gasteiger partial charge < -0.3 is 10.3 Å². The number of aromatic amines is 1. The molecule has 2 aromatic rings. The molecule has 6 heteroatoms. The Morgan fingerprint density at radius 3 is 2.95 bits per heavy atom. The normalized spacial score (nSPS) is 10.5. The van der Waals surface area contributed by atoms with Crippen LogP contribution in [0.3, 0.4) is 0 Å². The van der Waals surface area contributed by atoms with Gasteiger partial charge in [-0.25, -0.2) is 9.37 Å². The highest BCUT2D eigenvalue weighted by Crippen LogP contribution is 2.16. The molecule has 19 heavy (non-hydrogen) atoms. The van der Waals surface area contributed by atoms with E-state index in [2.05, 4.69) is 31.2 Å². The molecule has 0 saturated heterocycles. The van der Waals surface area contributed by atoms with E-state index in [0.717, 1.165) is 4.47 Å². The van der Waals surface area contributed by atoms with Gasteiger partial charge in [0.25, 0.3) is 5.56 Å². The number of aryl methyl sites for hydroxylation is 1. The van der Waals surface area contributed by atoms with Gasteiger partial charge in [-0.3, -0.25) is 4.79 Å². The zero-order chi connectivity index (χ0) is 13.8. The van der Waals surface area contributed by atoms with E-state index in [-0.39, 0.29) is 17.9 Å². The number of hydrogen-bond acceptors (Lipinski definition) is 3. The zero-order valence-corrected chi connectivity index (χ0v) is 11.9. The lowest BCUT2D eigenvalue weighted by Gasteiger charge is -2.08. The molecule has 1 heterocycles. The Bertz CT molecular complexity index is 642. The molecule has 100 valence electrons. The first kappa shape index (κ1) is 13.7. The Hall–Kier alpha value is -1.69. The number of hydrogen-bond donors (Lipinski definition) is 2. The summed E-state index contributed by atoms with van der Waals surface area (Å²) in [6, 6.07) is 6.08. The Labute approximate surface area is 118 Å². The fraction of sp³-hybridized carbons (Fsp3) is 0.231. The molecule has 0 radical (unpaired) electrons. The topological polar surface area (TPSA) is 57.8 Å². The van der Waals surface area contributed by atoms with Crippen molar-refractivity contribution in [2.45, 2.75) is 19.9 Å². The third kappa shape index (κ3) is 3.64. The van der Waals surface area contributed by atoms with Gasteiger partial charge in [-0.1, -0.05) is 22.9 Å². The molecule has 0 saturated carbocycles. The van der Waals surface area contributed by atoms with Gasteiger partial charge in [0.15, 0.2) is 0 Å². The molecule has 2 rings (SSSR count). The second-order valence-corrected chi connectivity index (χ2v) is 4.94. The number of rotatable bonds is 4. The van der Waals surface area contributed by atoms with E-state index in [4.69, 9.17) is 0 Å². The Morgan fingerprint density at radius 1 is 1.42 bits per heavy atom. The second-order valence-electron chi connectivity index (χ2n) is 4.02. The summed E-state index contributed by atoms with van der Waals surface area (Å²) in [6.45, 7) is 2.17. The molecule has 0 aliphatic rings. The Morgan fingerprint density at radius 2 is 2.21 bits per heavy atom. The van der Waals surface area contributed by atoms with Gasteiger partial charge in [0, 0.05) is 29.1 Å². The molecule has 1 aromatic carbocycles. The summed E-state index contributed by atoms with van der Waals surface area (Å²) in [5, 5.41) is 2.95. The fourth-order valence-corrected chi connectivity index (χ4v) is 2.04. The second kappa shape index (κ2) is 5.97. The molecule has 4 nitrogen and oxygen atoms in total. The molecule has 0 atom stereocenters. The van der Waals surface area contributed by atoms with Crippen LogP contribution < -0.4 is 10.9 Å². The highest BCUT2D eigenvalue weighted by atomic mass is 79.9. The maximum atomic E-state index is 13.5. The van der Waals surface area contributed by atoms with Gasteiger partial charge in [-0.15, -0.1) is 0 Å². The van der Waals surface area contributed by atoms with Crippen LogP contribution in [0, 0.1) is 5.82 Å². The number of anilines is 1. The van der Waals surface area contributed by atoms with Gasteiger partial charge in [0.1, 0.15) is 17.5 Å². The molecular formula is C13H13BrFN3O. The molecule has 0 aliphatic carbocycles. The highest BCUT2D eigenvalue weighted by molar-refractivity contribution is 9.10. The van der Waals surface area contributed by atoms with Crippen molar-refractivity contribution >= 4 is 21.7 Å². The average molecular weight is 326 g/mol. The quantitative estimate of drug-likeness (QED) is 0.908. The van der Waals surface area contributed by atoms with E-state index in [9.17, 15) is 9.18 Å². The third-order valence-corrected chi connectivity index (χ3v) is 3.09. The van der Waals surface area contributed by atoms with Crippen LogP contribution in [0.2, 0.25) is 0 Å². The number of halogens is 2. The summed E-state index contributed by atoms with van der Waals surface area (Å²) >= 11 is 3.29. The van der Waals surface area contributed by atoms with E-state index >= 15 is 0 Å². The minimum absolute atomic E-state index is 0.218. The van der Waals surface area contributed by atoms with Crippen LogP contribution in [-0.4, -0.2) is 9.97 Å². The van der Waals surface area contributed by atoms with Crippen molar-refractivity contribution in [3.05, 3.63) is 56.3 Å². The van der Waals surface area contributed by atoms with E-state index < -0.39 is 0 Å². The van der Waals surface area contributed by atoms with Crippen LogP contribution in [0.4, 0.5) is 10.2 Å². The van der Waals surface area contributed by atoms with Crippen molar-refractivity contribution in [3.63, 3.8) is 0 Å². The summed E-state index contributed by atoms with van der Waals surface area (Å²) in [5.74, 6) is 0.751. The first-order valence-electron chi connectivity index (χ1n) is 5.86. The minimum Gasteiger partial charge on any atom is -0.366 e. The van der Waals surface area contributed by atoms with Crippen LogP contribution in [0.25, 0.3) is 0 Å². The van der Waals surface area contributed by atoms with Crippen molar-refractivity contribution in [1.82, 2.24) is 9.97 Å². The number of nitrogens with one attached hydrogen (secondary N) is 2. The standard InChI is InChI=1S/C13H13BrFN3O/c1-2-11-17-12(6-13(19)18-11)16-7-8-5-9(14)3-4-10(8)15/h3-6H,2,7H2,1H3,(H2,16,17,18,19). The van der Waals surface area contributed by atoms with Crippen molar-refractivity contribution in [1.29, 1.82) is 0 Å². The smallest absolute Gasteiger partial charge is 0.252 e. The number of nitrogens with zero attached hydrogens (tertiary/aromatic N) is 1. The van der Waals surface area contributed by atoms with E-state index in [1.807, 2.05) is 6.92 Å². The van der Waals surface area contributed by atoms with Crippen LogP contribution >= 0.6 is 15.9 Å². The van der Waals surface area contributed by atoms with Gasteiger partial charge in [0.05, 0.1) is 0 Å². The third-order valence-electron chi connectivity index (χ3n) is 2.59. The molecule has 0 aliphatic heterocycles. The predicted molar refractivity (Wildman–Crippen MR) is 75.7 cm³/mol. The summed E-state index contributed by atoms with van der Waals surface area (Å²) in [5.41, 5.74) is 0.290. The number of H-pyrrole nitrogens is 1. The summed E-state index contributed by atoms with van der Waals surface area (Å²) in [6.07, 6.45) is 0.635. The molecule has 0 amide bonds. The Balaban J connectivity index is 2.16. The van der Waals surface area contributed by atoms with Crippen molar-refractivity contribution in [3.8, 4) is 0 Å². The molecule has 1 aromatic heterocycles. The largest absolute Gasteiger partial charge is 0.366 e. The maximum Gasteiger partial charge on any atom is 0.252 e.